The number of sulfonamides is 1. The van der Waals surface area contributed by atoms with Crippen molar-refractivity contribution in [2.24, 2.45) is 0 Å². The minimum Gasteiger partial charge on any atom is -0.349 e. The number of hydrogen-bond acceptors (Lipinski definition) is 4. The highest BCUT2D eigenvalue weighted by atomic mass is 35.5. The quantitative estimate of drug-likeness (QED) is 0.841. The highest BCUT2D eigenvalue weighted by Gasteiger charge is 2.27. The SMILES string of the molecule is CS(=O)(=O)N1CCc2cc(C(=O)NC3CCNCC3)ccc21.Cl. The predicted octanol–water partition coefficient (Wildman–Crippen LogP) is 0.912. The molecule has 2 aliphatic rings. The number of carbonyl (C=O) groups is 1. The van der Waals surface area contributed by atoms with Gasteiger partial charge in [0.05, 0.1) is 11.9 Å². The molecule has 1 saturated heterocycles. The van der Waals surface area contributed by atoms with Crippen molar-refractivity contribution in [3.63, 3.8) is 0 Å². The summed E-state index contributed by atoms with van der Waals surface area (Å²) < 4.78 is 24.8. The summed E-state index contributed by atoms with van der Waals surface area (Å²) in [5.41, 5.74) is 2.22. The van der Waals surface area contributed by atoms with Gasteiger partial charge in [0.1, 0.15) is 0 Å². The van der Waals surface area contributed by atoms with Gasteiger partial charge in [0.25, 0.3) is 5.91 Å². The van der Waals surface area contributed by atoms with Gasteiger partial charge in [-0.1, -0.05) is 0 Å². The third-order valence-electron chi connectivity index (χ3n) is 4.27. The van der Waals surface area contributed by atoms with Crippen LogP contribution in [-0.4, -0.2) is 46.3 Å². The fraction of sp³-hybridized carbons (Fsp3) is 0.533. The second-order valence-electron chi connectivity index (χ2n) is 5.93. The number of halogens is 1. The number of piperidine rings is 1. The Kier molecular flexibility index (Phi) is 5.54. The first kappa shape index (κ1) is 18.0. The summed E-state index contributed by atoms with van der Waals surface area (Å²) in [4.78, 5) is 12.3. The van der Waals surface area contributed by atoms with Crippen LogP contribution in [0.4, 0.5) is 5.69 Å². The molecule has 2 N–H and O–H groups in total. The lowest BCUT2D eigenvalue weighted by Gasteiger charge is -2.23. The summed E-state index contributed by atoms with van der Waals surface area (Å²) in [6, 6.07) is 5.48. The smallest absolute Gasteiger partial charge is 0.251 e. The first-order chi connectivity index (χ1) is 10.4. The Morgan fingerprint density at radius 1 is 1.30 bits per heavy atom. The van der Waals surface area contributed by atoms with Crippen LogP contribution < -0.4 is 14.9 Å². The largest absolute Gasteiger partial charge is 0.349 e. The number of nitrogens with one attached hydrogen (secondary N) is 2. The molecule has 2 aliphatic heterocycles. The second-order valence-corrected chi connectivity index (χ2v) is 7.83. The first-order valence-corrected chi connectivity index (χ1v) is 9.42. The standard InChI is InChI=1S/C15H21N3O3S.ClH/c1-22(20,21)18-9-6-11-10-12(2-3-14(11)18)15(19)17-13-4-7-16-8-5-13;/h2-3,10,13,16H,4-9H2,1H3,(H,17,19);1H. The lowest BCUT2D eigenvalue weighted by molar-refractivity contribution is 0.0929. The van der Waals surface area contributed by atoms with Crippen molar-refractivity contribution >= 4 is 34.0 Å². The number of fused-ring (bicyclic) bond motifs is 1. The van der Waals surface area contributed by atoms with Gasteiger partial charge in [-0.2, -0.15) is 0 Å². The van der Waals surface area contributed by atoms with E-state index in [2.05, 4.69) is 10.6 Å². The van der Waals surface area contributed by atoms with Gasteiger partial charge in [-0.3, -0.25) is 9.10 Å². The summed E-state index contributed by atoms with van der Waals surface area (Å²) in [7, 11) is -3.25. The predicted molar refractivity (Wildman–Crippen MR) is 92.9 cm³/mol. The normalized spacial score (nSPS) is 18.2. The van der Waals surface area contributed by atoms with E-state index in [-0.39, 0.29) is 24.4 Å². The van der Waals surface area contributed by atoms with Crippen LogP contribution in [0.25, 0.3) is 0 Å². The van der Waals surface area contributed by atoms with Crippen LogP contribution in [0, 0.1) is 0 Å². The van der Waals surface area contributed by atoms with E-state index in [0.29, 0.717) is 24.2 Å². The van der Waals surface area contributed by atoms with Gasteiger partial charge in [-0.05, 0) is 56.1 Å². The van der Waals surface area contributed by atoms with Gasteiger partial charge in [0.2, 0.25) is 10.0 Å². The molecular weight excluding hydrogens is 338 g/mol. The van der Waals surface area contributed by atoms with Crippen molar-refractivity contribution in [2.45, 2.75) is 25.3 Å². The highest BCUT2D eigenvalue weighted by molar-refractivity contribution is 7.92. The fourth-order valence-electron chi connectivity index (χ4n) is 3.09. The monoisotopic (exact) mass is 359 g/mol. The number of nitrogens with zero attached hydrogens (tertiary/aromatic N) is 1. The molecule has 0 radical (unpaired) electrons. The molecule has 6 nitrogen and oxygen atoms in total. The Bertz CT molecular complexity index is 687. The molecule has 128 valence electrons. The zero-order valence-electron chi connectivity index (χ0n) is 13.0. The molecule has 23 heavy (non-hydrogen) atoms. The highest BCUT2D eigenvalue weighted by Crippen LogP contribution is 2.30. The fourth-order valence-corrected chi connectivity index (χ4v) is 4.05. The van der Waals surface area contributed by atoms with Crippen molar-refractivity contribution in [2.75, 3.05) is 30.2 Å². The van der Waals surface area contributed by atoms with Crippen molar-refractivity contribution in [3.05, 3.63) is 29.3 Å². The zero-order chi connectivity index (χ0) is 15.7. The van der Waals surface area contributed by atoms with Gasteiger partial charge in [0.15, 0.2) is 0 Å². The van der Waals surface area contributed by atoms with Crippen LogP contribution in [0.5, 0.6) is 0 Å². The van der Waals surface area contributed by atoms with Crippen LogP contribution in [-0.2, 0) is 16.4 Å². The molecule has 8 heteroatoms. The van der Waals surface area contributed by atoms with Crippen LogP contribution in [0.3, 0.4) is 0 Å². The zero-order valence-corrected chi connectivity index (χ0v) is 14.7. The molecule has 2 heterocycles. The van der Waals surface area contributed by atoms with E-state index < -0.39 is 10.0 Å². The number of hydrogen-bond donors (Lipinski definition) is 2. The van der Waals surface area contributed by atoms with E-state index in [1.165, 1.54) is 10.6 Å². The van der Waals surface area contributed by atoms with Crippen LogP contribution >= 0.6 is 12.4 Å². The van der Waals surface area contributed by atoms with E-state index in [1.807, 2.05) is 6.07 Å². The number of anilines is 1. The second kappa shape index (κ2) is 7.07. The summed E-state index contributed by atoms with van der Waals surface area (Å²) in [6.07, 6.45) is 3.74. The molecule has 0 spiro atoms. The van der Waals surface area contributed by atoms with Crippen LogP contribution in [0.15, 0.2) is 18.2 Å². The molecular formula is C15H22ClN3O3S. The molecule has 0 aromatic heterocycles. The molecule has 0 bridgehead atoms. The first-order valence-electron chi connectivity index (χ1n) is 7.57. The maximum Gasteiger partial charge on any atom is 0.251 e. The summed E-state index contributed by atoms with van der Waals surface area (Å²) in [6.45, 7) is 2.31. The van der Waals surface area contributed by atoms with E-state index in [0.717, 1.165) is 31.5 Å². The molecule has 3 rings (SSSR count). The molecule has 0 saturated carbocycles. The number of amides is 1. The summed E-state index contributed by atoms with van der Waals surface area (Å²) in [5, 5.41) is 6.32. The maximum atomic E-state index is 12.3. The molecule has 1 amide bonds. The molecule has 1 aromatic carbocycles. The van der Waals surface area contributed by atoms with Crippen molar-refractivity contribution in [3.8, 4) is 0 Å². The number of rotatable bonds is 3. The molecule has 1 aromatic rings. The topological polar surface area (TPSA) is 78.5 Å². The van der Waals surface area contributed by atoms with E-state index in [1.54, 1.807) is 12.1 Å². The average molecular weight is 360 g/mol. The van der Waals surface area contributed by atoms with Crippen LogP contribution in [0.1, 0.15) is 28.8 Å². The van der Waals surface area contributed by atoms with Gasteiger partial charge in [0, 0.05) is 18.2 Å². The average Bonchev–Trinajstić information content (AvgIpc) is 2.91. The Morgan fingerprint density at radius 2 is 2.00 bits per heavy atom. The molecule has 0 unspecified atom stereocenters. The van der Waals surface area contributed by atoms with Gasteiger partial charge in [-0.25, -0.2) is 8.42 Å². The lowest BCUT2D eigenvalue weighted by Crippen LogP contribution is -2.42. The molecule has 0 aliphatic carbocycles. The number of carbonyl (C=O) groups excluding carboxylic acids is 1. The Balaban J connectivity index is 0.00000192. The van der Waals surface area contributed by atoms with Gasteiger partial charge < -0.3 is 10.6 Å². The van der Waals surface area contributed by atoms with Crippen LogP contribution in [0.2, 0.25) is 0 Å². The Hall–Kier alpha value is -1.31. The number of benzene rings is 1. The lowest BCUT2D eigenvalue weighted by atomic mass is 10.0. The van der Waals surface area contributed by atoms with E-state index in [9.17, 15) is 13.2 Å². The Morgan fingerprint density at radius 3 is 2.65 bits per heavy atom. The van der Waals surface area contributed by atoms with Gasteiger partial charge >= 0.3 is 0 Å². The van der Waals surface area contributed by atoms with Gasteiger partial charge in [-0.15, -0.1) is 12.4 Å². The van der Waals surface area contributed by atoms with E-state index in [4.69, 9.17) is 0 Å². The molecule has 0 atom stereocenters. The maximum absolute atomic E-state index is 12.3. The van der Waals surface area contributed by atoms with Crippen molar-refractivity contribution < 1.29 is 13.2 Å². The van der Waals surface area contributed by atoms with E-state index >= 15 is 0 Å². The molecule has 1 fully saturated rings. The minimum absolute atomic E-state index is 0. The van der Waals surface area contributed by atoms with Crippen molar-refractivity contribution in [1.29, 1.82) is 0 Å². The third kappa shape index (κ3) is 3.97. The summed E-state index contributed by atoms with van der Waals surface area (Å²) in [5.74, 6) is -0.0764. The van der Waals surface area contributed by atoms with Crippen molar-refractivity contribution in [1.82, 2.24) is 10.6 Å². The summed E-state index contributed by atoms with van der Waals surface area (Å²) >= 11 is 0. The minimum atomic E-state index is -3.25. The Labute approximate surface area is 143 Å². The third-order valence-corrected chi connectivity index (χ3v) is 5.45.